The maximum atomic E-state index is 13.1. The third-order valence-electron chi connectivity index (χ3n) is 4.81. The third-order valence-corrected chi connectivity index (χ3v) is 6.61. The minimum absolute atomic E-state index is 0.207. The van der Waals surface area contributed by atoms with Crippen LogP contribution >= 0.6 is 47.2 Å². The Hall–Kier alpha value is -2.51. The van der Waals surface area contributed by atoms with E-state index in [1.54, 1.807) is 18.2 Å². The Morgan fingerprint density at radius 3 is 2.45 bits per heavy atom. The maximum absolute atomic E-state index is 13.1. The van der Waals surface area contributed by atoms with E-state index in [1.807, 2.05) is 61.5 Å². The standard InChI is InChI=1S/C25H19Cl2NO3S2/c1-16-7-5-6-10-21(16)30-11-12-31-23-17(13-18(26)15-20(23)27)14-22-24(29)28(25(32)33-22)19-8-3-2-4-9-19/h2-10,13-15H,11-12H2,1H3. The van der Waals surface area contributed by atoms with Gasteiger partial charge in [-0.05, 0) is 48.9 Å². The van der Waals surface area contributed by atoms with Crippen molar-refractivity contribution >= 4 is 69.2 Å². The Bertz CT molecular complexity index is 1230. The van der Waals surface area contributed by atoms with Crippen LogP contribution in [0.5, 0.6) is 11.5 Å². The van der Waals surface area contributed by atoms with Crippen molar-refractivity contribution in [3.05, 3.63) is 92.8 Å². The smallest absolute Gasteiger partial charge is 0.270 e. The number of nitrogens with zero attached hydrogens (tertiary/aromatic N) is 1. The highest BCUT2D eigenvalue weighted by Crippen LogP contribution is 2.39. The minimum Gasteiger partial charge on any atom is -0.490 e. The first-order valence-electron chi connectivity index (χ1n) is 10.1. The monoisotopic (exact) mass is 515 g/mol. The van der Waals surface area contributed by atoms with Crippen LogP contribution in [0.2, 0.25) is 10.0 Å². The third kappa shape index (κ3) is 5.53. The Morgan fingerprint density at radius 2 is 1.70 bits per heavy atom. The fourth-order valence-electron chi connectivity index (χ4n) is 3.26. The van der Waals surface area contributed by atoms with Crippen LogP contribution in [0.15, 0.2) is 71.6 Å². The average molecular weight is 516 g/mol. The molecule has 1 aliphatic rings. The van der Waals surface area contributed by atoms with Crippen molar-refractivity contribution in [3.8, 4) is 11.5 Å². The van der Waals surface area contributed by atoms with Crippen LogP contribution in [0.3, 0.4) is 0 Å². The van der Waals surface area contributed by atoms with Gasteiger partial charge in [-0.25, -0.2) is 0 Å². The zero-order valence-electron chi connectivity index (χ0n) is 17.6. The van der Waals surface area contributed by atoms with Gasteiger partial charge in [0.2, 0.25) is 0 Å². The summed E-state index contributed by atoms with van der Waals surface area (Å²) in [5.41, 5.74) is 2.36. The quantitative estimate of drug-likeness (QED) is 0.189. The van der Waals surface area contributed by atoms with E-state index in [0.717, 1.165) is 17.0 Å². The van der Waals surface area contributed by atoms with Crippen LogP contribution in [-0.2, 0) is 4.79 Å². The number of carbonyl (C=O) groups is 1. The summed E-state index contributed by atoms with van der Waals surface area (Å²) >= 11 is 19.3. The first-order valence-corrected chi connectivity index (χ1v) is 12.1. The molecule has 0 unspecified atom stereocenters. The zero-order valence-corrected chi connectivity index (χ0v) is 20.7. The molecule has 1 saturated heterocycles. The number of hydrogen-bond acceptors (Lipinski definition) is 5. The largest absolute Gasteiger partial charge is 0.490 e. The molecular weight excluding hydrogens is 497 g/mol. The van der Waals surface area contributed by atoms with Gasteiger partial charge in [0.15, 0.2) is 4.32 Å². The molecule has 0 N–H and O–H groups in total. The second-order valence-electron chi connectivity index (χ2n) is 7.12. The predicted molar refractivity (Wildman–Crippen MR) is 141 cm³/mol. The van der Waals surface area contributed by atoms with Crippen molar-refractivity contribution in [3.63, 3.8) is 0 Å². The van der Waals surface area contributed by atoms with E-state index in [4.69, 9.17) is 44.9 Å². The normalized spacial score (nSPS) is 14.8. The molecule has 0 spiro atoms. The van der Waals surface area contributed by atoms with Crippen molar-refractivity contribution in [1.29, 1.82) is 0 Å². The molecule has 0 atom stereocenters. The van der Waals surface area contributed by atoms with Crippen LogP contribution in [0, 0.1) is 6.92 Å². The number of thioether (sulfide) groups is 1. The van der Waals surface area contributed by atoms with E-state index in [2.05, 4.69) is 0 Å². The summed E-state index contributed by atoms with van der Waals surface area (Å²) in [5.74, 6) is 1.02. The number of thiocarbonyl (C=S) groups is 1. The van der Waals surface area contributed by atoms with Crippen molar-refractivity contribution in [2.45, 2.75) is 6.92 Å². The van der Waals surface area contributed by atoms with Crippen LogP contribution in [0.1, 0.15) is 11.1 Å². The number of carbonyl (C=O) groups excluding carboxylic acids is 1. The first kappa shape index (κ1) is 23.6. The summed E-state index contributed by atoms with van der Waals surface area (Å²) in [5, 5.41) is 0.788. The van der Waals surface area contributed by atoms with Gasteiger partial charge in [-0.1, -0.05) is 83.6 Å². The minimum atomic E-state index is -0.207. The Labute approximate surface area is 212 Å². The summed E-state index contributed by atoms with van der Waals surface area (Å²) in [4.78, 5) is 15.0. The van der Waals surface area contributed by atoms with Gasteiger partial charge in [-0.2, -0.15) is 0 Å². The molecule has 3 aromatic carbocycles. The lowest BCUT2D eigenvalue weighted by molar-refractivity contribution is -0.113. The van der Waals surface area contributed by atoms with E-state index in [1.165, 1.54) is 16.7 Å². The SMILES string of the molecule is Cc1ccccc1OCCOc1c(Cl)cc(Cl)cc1C=C1SC(=S)N(c2ccccc2)C1=O. The second kappa shape index (κ2) is 10.6. The number of amides is 1. The fraction of sp³-hybridized carbons (Fsp3) is 0.120. The number of ether oxygens (including phenoxy) is 2. The molecule has 168 valence electrons. The van der Waals surface area contributed by atoms with Crippen LogP contribution in [0.4, 0.5) is 5.69 Å². The average Bonchev–Trinajstić information content (AvgIpc) is 3.07. The van der Waals surface area contributed by atoms with E-state index in [9.17, 15) is 4.79 Å². The van der Waals surface area contributed by atoms with Crippen molar-refractivity contribution in [2.24, 2.45) is 0 Å². The van der Waals surface area contributed by atoms with Gasteiger partial charge in [-0.15, -0.1) is 0 Å². The number of para-hydroxylation sites is 2. The van der Waals surface area contributed by atoms with Gasteiger partial charge >= 0.3 is 0 Å². The molecule has 0 radical (unpaired) electrons. The summed E-state index contributed by atoms with van der Waals surface area (Å²) in [6.07, 6.45) is 1.71. The number of benzene rings is 3. The van der Waals surface area contributed by atoms with E-state index < -0.39 is 0 Å². The predicted octanol–water partition coefficient (Wildman–Crippen LogP) is 7.17. The molecule has 33 heavy (non-hydrogen) atoms. The highest BCUT2D eigenvalue weighted by atomic mass is 35.5. The maximum Gasteiger partial charge on any atom is 0.270 e. The molecule has 1 aliphatic heterocycles. The second-order valence-corrected chi connectivity index (χ2v) is 9.64. The zero-order chi connectivity index (χ0) is 23.4. The van der Waals surface area contributed by atoms with Gasteiger partial charge in [0.25, 0.3) is 5.91 Å². The molecule has 4 rings (SSSR count). The van der Waals surface area contributed by atoms with E-state index >= 15 is 0 Å². The van der Waals surface area contributed by atoms with Crippen molar-refractivity contribution in [1.82, 2.24) is 0 Å². The molecule has 0 aliphatic carbocycles. The molecule has 3 aromatic rings. The van der Waals surface area contributed by atoms with E-state index in [0.29, 0.717) is 37.2 Å². The number of anilines is 1. The topological polar surface area (TPSA) is 38.8 Å². The van der Waals surface area contributed by atoms with Crippen LogP contribution in [-0.4, -0.2) is 23.4 Å². The molecule has 1 fully saturated rings. The molecule has 1 amide bonds. The highest BCUT2D eigenvalue weighted by molar-refractivity contribution is 8.27. The molecule has 0 saturated carbocycles. The number of hydrogen-bond donors (Lipinski definition) is 0. The van der Waals surface area contributed by atoms with Gasteiger partial charge in [-0.3, -0.25) is 9.69 Å². The number of rotatable bonds is 7. The Morgan fingerprint density at radius 1 is 1.00 bits per heavy atom. The van der Waals surface area contributed by atoms with Crippen molar-refractivity contribution < 1.29 is 14.3 Å². The summed E-state index contributed by atoms with van der Waals surface area (Å²) in [6.45, 7) is 2.58. The van der Waals surface area contributed by atoms with E-state index in [-0.39, 0.29) is 12.5 Å². The van der Waals surface area contributed by atoms with Gasteiger partial charge in [0.05, 0.1) is 15.6 Å². The van der Waals surface area contributed by atoms with Gasteiger partial charge in [0.1, 0.15) is 24.7 Å². The lowest BCUT2D eigenvalue weighted by Gasteiger charge is -2.14. The lowest BCUT2D eigenvalue weighted by Crippen LogP contribution is -2.27. The molecule has 0 bridgehead atoms. The Balaban J connectivity index is 1.53. The molecular formula is C25H19Cl2NO3S2. The Kier molecular flexibility index (Phi) is 7.60. The summed E-state index contributed by atoms with van der Waals surface area (Å²) < 4.78 is 12.2. The summed E-state index contributed by atoms with van der Waals surface area (Å²) in [7, 11) is 0. The molecule has 4 nitrogen and oxygen atoms in total. The van der Waals surface area contributed by atoms with Crippen LogP contribution < -0.4 is 14.4 Å². The number of halogens is 2. The van der Waals surface area contributed by atoms with Gasteiger partial charge < -0.3 is 9.47 Å². The number of aryl methyl sites for hydroxylation is 1. The first-order chi connectivity index (χ1) is 15.9. The molecule has 1 heterocycles. The summed E-state index contributed by atoms with van der Waals surface area (Å²) in [6, 6.07) is 20.4. The highest BCUT2D eigenvalue weighted by Gasteiger charge is 2.33. The lowest BCUT2D eigenvalue weighted by atomic mass is 10.1. The van der Waals surface area contributed by atoms with Gasteiger partial charge in [0, 0.05) is 10.6 Å². The van der Waals surface area contributed by atoms with Crippen molar-refractivity contribution in [2.75, 3.05) is 18.1 Å². The fourth-order valence-corrected chi connectivity index (χ4v) is 5.12. The molecule has 0 aromatic heterocycles. The van der Waals surface area contributed by atoms with Crippen LogP contribution in [0.25, 0.3) is 6.08 Å². The molecule has 8 heteroatoms.